The molecule has 6 aromatic rings. The minimum absolute atomic E-state index is 0.0109. The molecule has 240 valence electrons. The lowest BCUT2D eigenvalue weighted by molar-refractivity contribution is -0.705. The lowest BCUT2D eigenvalue weighted by Gasteiger charge is -2.04. The monoisotopic (exact) mass is 676 g/mol. The van der Waals surface area contributed by atoms with Crippen LogP contribution in [0.2, 0.25) is 0 Å². The van der Waals surface area contributed by atoms with Gasteiger partial charge < -0.3 is 0 Å². The van der Waals surface area contributed by atoms with Crippen LogP contribution in [0, 0.1) is 0 Å². The van der Waals surface area contributed by atoms with Crippen LogP contribution < -0.4 is 30.1 Å². The normalized spacial score (nSPS) is 11.9. The number of hydrogen-bond acceptors (Lipinski definition) is 8. The first-order chi connectivity index (χ1) is 22.6. The van der Waals surface area contributed by atoms with E-state index in [0.29, 0.717) is 17.8 Å². The Hall–Kier alpha value is -5.42. The van der Waals surface area contributed by atoms with Crippen LogP contribution in [0.5, 0.6) is 0 Å². The van der Waals surface area contributed by atoms with Gasteiger partial charge in [-0.25, -0.2) is 35.9 Å². The van der Waals surface area contributed by atoms with Gasteiger partial charge in [-0.2, -0.15) is 0 Å². The number of aromatic amines is 2. The second-order valence-corrected chi connectivity index (χ2v) is 13.7. The van der Waals surface area contributed by atoms with Crippen molar-refractivity contribution in [2.75, 3.05) is 0 Å². The van der Waals surface area contributed by atoms with Gasteiger partial charge in [0.25, 0.3) is 0 Å². The maximum atomic E-state index is 13.0. The number of rotatable bonds is 12. The van der Waals surface area contributed by atoms with E-state index in [-0.39, 0.29) is 13.1 Å². The molecule has 0 aliphatic carbocycles. The predicted molar refractivity (Wildman–Crippen MR) is 165 cm³/mol. The molecule has 4 aromatic carbocycles. The standard InChI is InChI=1S/C31H26N6O8S2/c38-30-28(46(40,41)32-20-24-7-3-1-4-8-24)36(34-44-30)26-15-11-22(12-16-26)19-23-13-17-27(18-14-23)37-29(31(39)45-35-37)47(42,43)33-21-25-9-5-2-6-10-25/h1-18,32-33H,19-21H2/p+2. The van der Waals surface area contributed by atoms with E-state index in [4.69, 9.17) is 9.05 Å². The van der Waals surface area contributed by atoms with Gasteiger partial charge in [0.1, 0.15) is 0 Å². The van der Waals surface area contributed by atoms with Gasteiger partial charge in [0.15, 0.2) is 0 Å². The Morgan fingerprint density at radius 1 is 0.511 bits per heavy atom. The summed E-state index contributed by atoms with van der Waals surface area (Å²) < 4.78 is 68.6. The third-order valence-corrected chi connectivity index (χ3v) is 9.90. The number of nitrogens with one attached hydrogen (secondary N) is 4. The Balaban J connectivity index is 1.16. The summed E-state index contributed by atoms with van der Waals surface area (Å²) in [6, 6.07) is 31.4. The summed E-state index contributed by atoms with van der Waals surface area (Å²) in [4.78, 5) is 24.8. The van der Waals surface area contributed by atoms with E-state index in [1.807, 2.05) is 12.1 Å². The molecular formula is C31H28N6O8S2+2. The molecule has 0 fully saturated rings. The summed E-state index contributed by atoms with van der Waals surface area (Å²) in [5.41, 5.74) is 1.77. The lowest BCUT2D eigenvalue weighted by Crippen LogP contribution is -2.43. The SMILES string of the molecule is O=c1o[nH][n+](-c2ccc(Cc3ccc(-[n+]4[nH]oc(=O)c4S(=O)(=O)NCc4ccccc4)cc3)cc2)c1S(=O)(=O)NCc1ccccc1. The molecule has 0 amide bonds. The van der Waals surface area contributed by atoms with Crippen LogP contribution in [-0.2, 0) is 39.6 Å². The van der Waals surface area contributed by atoms with E-state index in [1.54, 1.807) is 97.1 Å². The van der Waals surface area contributed by atoms with E-state index in [0.717, 1.165) is 31.6 Å². The summed E-state index contributed by atoms with van der Waals surface area (Å²) in [5, 5.41) is 3.50. The molecule has 16 heteroatoms. The van der Waals surface area contributed by atoms with Gasteiger partial charge in [-0.15, -0.1) is 0 Å². The van der Waals surface area contributed by atoms with Crippen LogP contribution in [0.15, 0.2) is 138 Å². The zero-order valence-electron chi connectivity index (χ0n) is 24.5. The zero-order chi connectivity index (χ0) is 33.0. The van der Waals surface area contributed by atoms with Crippen LogP contribution in [0.25, 0.3) is 11.4 Å². The number of H-pyrrole nitrogens is 2. The van der Waals surface area contributed by atoms with E-state index in [1.165, 1.54) is 0 Å². The van der Waals surface area contributed by atoms with Gasteiger partial charge in [-0.1, -0.05) is 84.9 Å². The van der Waals surface area contributed by atoms with Gasteiger partial charge in [0.05, 0.1) is 0 Å². The number of benzene rings is 4. The highest BCUT2D eigenvalue weighted by atomic mass is 32.2. The zero-order valence-corrected chi connectivity index (χ0v) is 26.1. The summed E-state index contributed by atoms with van der Waals surface area (Å²) in [7, 11) is -8.47. The number of sulfonamides is 2. The minimum Gasteiger partial charge on any atom is -0.281 e. The fraction of sp³-hybridized carbons (Fsp3) is 0.0968. The third kappa shape index (κ3) is 7.05. The Morgan fingerprint density at radius 2 is 0.872 bits per heavy atom. The summed E-state index contributed by atoms with van der Waals surface area (Å²) in [6.07, 6.45) is 0.466. The van der Waals surface area contributed by atoms with E-state index < -0.39 is 41.3 Å². The fourth-order valence-corrected chi connectivity index (χ4v) is 7.05. The molecule has 0 atom stereocenters. The molecule has 0 radical (unpaired) electrons. The summed E-state index contributed by atoms with van der Waals surface area (Å²) in [5.74, 6) is 0. The predicted octanol–water partition coefficient (Wildman–Crippen LogP) is 1.35. The maximum Gasteiger partial charge on any atom is 0.448 e. The highest BCUT2D eigenvalue weighted by Crippen LogP contribution is 2.14. The molecule has 2 heterocycles. The van der Waals surface area contributed by atoms with Crippen molar-refractivity contribution in [3.63, 3.8) is 0 Å². The van der Waals surface area contributed by atoms with Crippen molar-refractivity contribution in [1.29, 1.82) is 0 Å². The molecule has 6 rings (SSSR count). The molecule has 4 N–H and O–H groups in total. The van der Waals surface area contributed by atoms with E-state index in [2.05, 4.69) is 20.0 Å². The number of hydrogen-bond donors (Lipinski definition) is 4. The molecule has 0 saturated heterocycles. The fourth-order valence-electron chi connectivity index (χ4n) is 4.77. The van der Waals surface area contributed by atoms with Gasteiger partial charge in [-0.05, 0) is 48.6 Å². The molecule has 0 aliphatic rings. The van der Waals surface area contributed by atoms with Gasteiger partial charge >= 0.3 is 41.3 Å². The number of nitrogens with zero attached hydrogens (tertiary/aromatic N) is 2. The summed E-state index contributed by atoms with van der Waals surface area (Å²) >= 11 is 0. The van der Waals surface area contributed by atoms with Crippen molar-refractivity contribution in [3.8, 4) is 11.4 Å². The van der Waals surface area contributed by atoms with E-state index >= 15 is 0 Å². The second-order valence-electron chi connectivity index (χ2n) is 10.4. The molecule has 0 unspecified atom stereocenters. The van der Waals surface area contributed by atoms with Crippen molar-refractivity contribution >= 4 is 20.0 Å². The second kappa shape index (κ2) is 13.1. The Labute approximate surface area is 267 Å². The smallest absolute Gasteiger partial charge is 0.281 e. The maximum absolute atomic E-state index is 13.0. The molecule has 0 aliphatic heterocycles. The molecule has 14 nitrogen and oxygen atoms in total. The molecule has 2 aromatic heterocycles. The van der Waals surface area contributed by atoms with Gasteiger partial charge in [-0.3, -0.25) is 9.05 Å². The van der Waals surface area contributed by atoms with Crippen LogP contribution >= 0.6 is 0 Å². The highest BCUT2D eigenvalue weighted by molar-refractivity contribution is 7.89. The van der Waals surface area contributed by atoms with Gasteiger partial charge in [0, 0.05) is 37.4 Å². The van der Waals surface area contributed by atoms with E-state index in [9.17, 15) is 26.4 Å². The van der Waals surface area contributed by atoms with Crippen molar-refractivity contribution in [3.05, 3.63) is 152 Å². The van der Waals surface area contributed by atoms with Crippen molar-refractivity contribution in [1.82, 2.24) is 20.0 Å². The quantitative estimate of drug-likeness (QED) is 0.140. The van der Waals surface area contributed by atoms with Crippen molar-refractivity contribution in [2.24, 2.45) is 0 Å². The Kier molecular flexibility index (Phi) is 8.82. The van der Waals surface area contributed by atoms with Crippen LogP contribution in [0.3, 0.4) is 0 Å². The molecular weight excluding hydrogens is 649 g/mol. The average molecular weight is 677 g/mol. The van der Waals surface area contributed by atoms with Crippen molar-refractivity contribution < 1.29 is 35.2 Å². The molecule has 0 bridgehead atoms. The van der Waals surface area contributed by atoms with Gasteiger partial charge in [0.2, 0.25) is 11.4 Å². The molecule has 0 saturated carbocycles. The first-order valence-electron chi connectivity index (χ1n) is 14.1. The Bertz CT molecular complexity index is 2160. The Morgan fingerprint density at radius 3 is 1.23 bits per heavy atom. The molecule has 0 spiro atoms. The topological polar surface area (TPSA) is 192 Å². The third-order valence-electron chi connectivity index (χ3n) is 7.14. The van der Waals surface area contributed by atoms with Crippen LogP contribution in [0.4, 0.5) is 0 Å². The first-order valence-corrected chi connectivity index (χ1v) is 17.1. The van der Waals surface area contributed by atoms with Crippen LogP contribution in [0.1, 0.15) is 22.3 Å². The van der Waals surface area contributed by atoms with Crippen LogP contribution in [-0.4, -0.2) is 27.4 Å². The first kappa shape index (κ1) is 31.6. The molecule has 47 heavy (non-hydrogen) atoms. The average Bonchev–Trinajstić information content (AvgIpc) is 3.68. The highest BCUT2D eigenvalue weighted by Gasteiger charge is 2.37. The van der Waals surface area contributed by atoms with Crippen molar-refractivity contribution in [2.45, 2.75) is 29.6 Å². The minimum atomic E-state index is -4.23. The number of aromatic nitrogens is 4. The lowest BCUT2D eigenvalue weighted by atomic mass is 10.0. The largest absolute Gasteiger partial charge is 0.448 e. The summed E-state index contributed by atoms with van der Waals surface area (Å²) in [6.45, 7) is -0.0219.